The molecular formula is C31H23F4N3O2. The lowest BCUT2D eigenvalue weighted by atomic mass is 9.81. The van der Waals surface area contributed by atoms with Crippen LogP contribution in [0.1, 0.15) is 28.3 Å². The molecule has 6 rings (SSSR count). The van der Waals surface area contributed by atoms with Crippen molar-refractivity contribution in [2.24, 2.45) is 5.92 Å². The number of aromatic nitrogens is 1. The number of amides is 1. The zero-order valence-corrected chi connectivity index (χ0v) is 21.2. The number of halogens is 4. The molecule has 1 aliphatic rings. The highest BCUT2D eigenvalue weighted by Gasteiger charge is 2.38. The normalized spacial score (nSPS) is 16.8. The van der Waals surface area contributed by atoms with Crippen molar-refractivity contribution in [3.8, 4) is 0 Å². The Hall–Kier alpha value is -4.66. The molecule has 9 heteroatoms. The van der Waals surface area contributed by atoms with Gasteiger partial charge in [-0.1, -0.05) is 48.5 Å². The molecule has 3 N–H and O–H groups in total. The molecule has 2 heterocycles. The van der Waals surface area contributed by atoms with Crippen molar-refractivity contribution in [2.45, 2.75) is 25.6 Å². The van der Waals surface area contributed by atoms with E-state index in [0.29, 0.717) is 33.1 Å². The molecule has 0 unspecified atom stereocenters. The average Bonchev–Trinajstić information content (AvgIpc) is 2.91. The largest absolute Gasteiger partial charge is 0.416 e. The Labute approximate surface area is 225 Å². The fourth-order valence-electron chi connectivity index (χ4n) is 5.79. The van der Waals surface area contributed by atoms with Gasteiger partial charge in [-0.05, 0) is 65.8 Å². The SMILES string of the molecule is Cc1ccc(NC(=O)[C@H]2Cc3cccc4c5cccc(F)c5c(=O)n(c34)[C@H]2c2ccc(N)cc2)cc1C(F)(F)F. The number of benzene rings is 4. The van der Waals surface area contributed by atoms with E-state index >= 15 is 4.39 Å². The first-order valence-corrected chi connectivity index (χ1v) is 12.6. The first kappa shape index (κ1) is 25.6. The van der Waals surface area contributed by atoms with Gasteiger partial charge in [-0.2, -0.15) is 13.2 Å². The number of anilines is 2. The number of aryl methyl sites for hydroxylation is 1. The van der Waals surface area contributed by atoms with Gasteiger partial charge in [0.25, 0.3) is 5.56 Å². The van der Waals surface area contributed by atoms with Crippen LogP contribution in [0.15, 0.2) is 83.7 Å². The molecular weight excluding hydrogens is 522 g/mol. The Kier molecular flexibility index (Phi) is 5.90. The van der Waals surface area contributed by atoms with Gasteiger partial charge in [-0.25, -0.2) is 4.39 Å². The van der Waals surface area contributed by atoms with Crippen LogP contribution in [-0.4, -0.2) is 10.5 Å². The van der Waals surface area contributed by atoms with Gasteiger partial charge in [0.1, 0.15) is 5.82 Å². The molecule has 1 aromatic heterocycles. The van der Waals surface area contributed by atoms with Gasteiger partial charge in [-0.15, -0.1) is 0 Å². The maximum Gasteiger partial charge on any atom is 0.416 e. The van der Waals surface area contributed by atoms with Crippen molar-refractivity contribution in [3.05, 3.63) is 117 Å². The topological polar surface area (TPSA) is 77.1 Å². The molecule has 0 bridgehead atoms. The molecule has 0 fully saturated rings. The van der Waals surface area contributed by atoms with Gasteiger partial charge < -0.3 is 11.1 Å². The predicted octanol–water partition coefficient (Wildman–Crippen LogP) is 6.60. The molecule has 5 nitrogen and oxygen atoms in total. The standard InChI is InChI=1S/C31H23F4N3O2/c1-16-8-13-20(15-24(16)31(33,34)35)37-29(39)23-14-18-4-2-6-22-21-5-3-7-25(32)26(21)30(40)38(28(18)22)27(23)17-9-11-19(36)12-10-17/h2-13,15,23,27H,14,36H2,1H3,(H,37,39)/t23-,27-/m0/s1. The highest BCUT2D eigenvalue weighted by Crippen LogP contribution is 2.41. The number of carbonyl (C=O) groups excluding carboxylic acids is 1. The molecule has 1 amide bonds. The summed E-state index contributed by atoms with van der Waals surface area (Å²) in [5.74, 6) is -2.15. The number of alkyl halides is 3. The number of rotatable bonds is 3. The van der Waals surface area contributed by atoms with Gasteiger partial charge in [-0.3, -0.25) is 14.2 Å². The summed E-state index contributed by atoms with van der Waals surface area (Å²) in [5, 5.41) is 3.68. The number of carbonyl (C=O) groups is 1. The summed E-state index contributed by atoms with van der Waals surface area (Å²) in [7, 11) is 0. The van der Waals surface area contributed by atoms with E-state index in [0.717, 1.165) is 6.07 Å². The van der Waals surface area contributed by atoms with E-state index in [2.05, 4.69) is 5.32 Å². The highest BCUT2D eigenvalue weighted by atomic mass is 19.4. The maximum absolute atomic E-state index is 15.1. The summed E-state index contributed by atoms with van der Waals surface area (Å²) in [6.07, 6.45) is -4.38. The van der Waals surface area contributed by atoms with Gasteiger partial charge in [0.2, 0.25) is 5.91 Å². The van der Waals surface area contributed by atoms with Crippen LogP contribution in [-0.2, 0) is 17.4 Å². The number of hydrogen-bond acceptors (Lipinski definition) is 3. The summed E-state index contributed by atoms with van der Waals surface area (Å²) in [6.45, 7) is 1.35. The molecule has 5 aromatic rings. The molecule has 0 spiro atoms. The molecule has 0 aliphatic carbocycles. The molecule has 0 saturated heterocycles. The number of nitrogens with two attached hydrogens (primary N) is 1. The minimum Gasteiger partial charge on any atom is -0.399 e. The van der Waals surface area contributed by atoms with Gasteiger partial charge in [0.05, 0.1) is 28.4 Å². The Morgan fingerprint density at radius 1 is 0.975 bits per heavy atom. The number of fused-ring (bicyclic) bond motifs is 2. The average molecular weight is 546 g/mol. The van der Waals surface area contributed by atoms with E-state index in [4.69, 9.17) is 5.73 Å². The van der Waals surface area contributed by atoms with Crippen LogP contribution in [0, 0.1) is 18.7 Å². The third kappa shape index (κ3) is 4.09. The van der Waals surface area contributed by atoms with Crippen molar-refractivity contribution >= 4 is 39.0 Å². The third-order valence-corrected chi connectivity index (χ3v) is 7.62. The Morgan fingerprint density at radius 2 is 1.68 bits per heavy atom. The van der Waals surface area contributed by atoms with Crippen molar-refractivity contribution in [2.75, 3.05) is 11.1 Å². The second-order valence-electron chi connectivity index (χ2n) is 10.1. The van der Waals surface area contributed by atoms with Crippen LogP contribution in [0.3, 0.4) is 0 Å². The minimum absolute atomic E-state index is 0.0140. The van der Waals surface area contributed by atoms with Crippen LogP contribution in [0.25, 0.3) is 21.7 Å². The van der Waals surface area contributed by atoms with Crippen LogP contribution in [0.4, 0.5) is 28.9 Å². The van der Waals surface area contributed by atoms with Crippen molar-refractivity contribution in [3.63, 3.8) is 0 Å². The van der Waals surface area contributed by atoms with E-state index in [1.165, 1.54) is 29.7 Å². The van der Waals surface area contributed by atoms with E-state index in [1.54, 1.807) is 48.5 Å². The predicted molar refractivity (Wildman–Crippen MR) is 147 cm³/mol. The maximum atomic E-state index is 15.1. The first-order chi connectivity index (χ1) is 19.0. The van der Waals surface area contributed by atoms with E-state index in [-0.39, 0.29) is 23.1 Å². The van der Waals surface area contributed by atoms with Crippen molar-refractivity contribution in [1.82, 2.24) is 4.57 Å². The molecule has 0 radical (unpaired) electrons. The lowest BCUT2D eigenvalue weighted by Crippen LogP contribution is -2.41. The Balaban J connectivity index is 1.55. The number of pyridine rings is 1. The summed E-state index contributed by atoms with van der Waals surface area (Å²) in [4.78, 5) is 27.8. The molecule has 1 aliphatic heterocycles. The van der Waals surface area contributed by atoms with Crippen LogP contribution < -0.4 is 16.6 Å². The van der Waals surface area contributed by atoms with E-state index in [9.17, 15) is 22.8 Å². The molecule has 40 heavy (non-hydrogen) atoms. The monoisotopic (exact) mass is 545 g/mol. The second-order valence-corrected chi connectivity index (χ2v) is 10.1. The van der Waals surface area contributed by atoms with Crippen molar-refractivity contribution < 1.29 is 22.4 Å². The second kappa shape index (κ2) is 9.22. The highest BCUT2D eigenvalue weighted by molar-refractivity contribution is 6.07. The summed E-state index contributed by atoms with van der Waals surface area (Å²) in [5.41, 5.74) is 6.83. The smallest absolute Gasteiger partial charge is 0.399 e. The zero-order valence-electron chi connectivity index (χ0n) is 21.2. The van der Waals surface area contributed by atoms with Gasteiger partial charge in [0, 0.05) is 16.8 Å². The number of para-hydroxylation sites is 1. The summed E-state index contributed by atoms with van der Waals surface area (Å²) < 4.78 is 57.2. The van der Waals surface area contributed by atoms with Crippen LogP contribution in [0.2, 0.25) is 0 Å². The minimum atomic E-state index is -4.59. The first-order valence-electron chi connectivity index (χ1n) is 12.6. The number of nitrogens with one attached hydrogen (secondary N) is 1. The quantitative estimate of drug-likeness (QED) is 0.152. The summed E-state index contributed by atoms with van der Waals surface area (Å²) in [6, 6.07) is 19.3. The van der Waals surface area contributed by atoms with E-state index in [1.807, 2.05) is 6.07 Å². The fraction of sp³-hybridized carbons (Fsp3) is 0.161. The third-order valence-electron chi connectivity index (χ3n) is 7.62. The molecule has 202 valence electrons. The van der Waals surface area contributed by atoms with Crippen LogP contribution in [0.5, 0.6) is 0 Å². The van der Waals surface area contributed by atoms with Gasteiger partial charge >= 0.3 is 6.18 Å². The molecule has 2 atom stereocenters. The fourth-order valence-corrected chi connectivity index (χ4v) is 5.79. The summed E-state index contributed by atoms with van der Waals surface area (Å²) >= 11 is 0. The lowest BCUT2D eigenvalue weighted by Gasteiger charge is -2.35. The Morgan fingerprint density at radius 3 is 2.40 bits per heavy atom. The zero-order chi connectivity index (χ0) is 28.3. The molecule has 4 aromatic carbocycles. The van der Waals surface area contributed by atoms with Crippen molar-refractivity contribution in [1.29, 1.82) is 0 Å². The van der Waals surface area contributed by atoms with E-state index < -0.39 is 41.0 Å². The number of nitrogen functional groups attached to an aromatic ring is 1. The van der Waals surface area contributed by atoms with Gasteiger partial charge in [0.15, 0.2) is 0 Å². The molecule has 0 saturated carbocycles. The lowest BCUT2D eigenvalue weighted by molar-refractivity contribution is -0.138. The number of nitrogens with zero attached hydrogens (tertiary/aromatic N) is 1. The van der Waals surface area contributed by atoms with Crippen LogP contribution >= 0.6 is 0 Å². The Bertz CT molecular complexity index is 1880. The number of hydrogen-bond donors (Lipinski definition) is 2.